The van der Waals surface area contributed by atoms with Crippen LogP contribution in [0.4, 0.5) is 11.4 Å². The van der Waals surface area contributed by atoms with E-state index in [0.29, 0.717) is 0 Å². The molecule has 0 spiro atoms. The van der Waals surface area contributed by atoms with Crippen molar-refractivity contribution in [1.29, 1.82) is 0 Å². The van der Waals surface area contributed by atoms with Gasteiger partial charge < -0.3 is 10.2 Å². The van der Waals surface area contributed by atoms with Crippen LogP contribution in [0.2, 0.25) is 0 Å². The Hall–Kier alpha value is -2.62. The quantitative estimate of drug-likeness (QED) is 0.927. The van der Waals surface area contributed by atoms with Crippen molar-refractivity contribution in [3.8, 4) is 0 Å². The Morgan fingerprint density at radius 1 is 0.958 bits per heavy atom. The highest BCUT2D eigenvalue weighted by molar-refractivity contribution is 6.02. The van der Waals surface area contributed by atoms with E-state index < -0.39 is 0 Å². The molecule has 2 rings (SSSR count). The van der Waals surface area contributed by atoms with Crippen LogP contribution in [0.5, 0.6) is 0 Å². The van der Waals surface area contributed by atoms with Crippen LogP contribution in [-0.2, 0) is 9.59 Å². The minimum absolute atomic E-state index is 0.00839. The van der Waals surface area contributed by atoms with E-state index in [-0.39, 0.29) is 18.4 Å². The van der Waals surface area contributed by atoms with Crippen LogP contribution in [0.25, 0.3) is 0 Å². The van der Waals surface area contributed by atoms with Crippen molar-refractivity contribution in [3.63, 3.8) is 0 Å². The van der Waals surface area contributed by atoms with Gasteiger partial charge in [0, 0.05) is 18.3 Å². The summed E-state index contributed by atoms with van der Waals surface area (Å²) in [7, 11) is 0. The molecule has 2 aromatic rings. The lowest BCUT2D eigenvalue weighted by Gasteiger charge is -2.22. The van der Waals surface area contributed by atoms with Gasteiger partial charge in [-0.25, -0.2) is 0 Å². The highest BCUT2D eigenvalue weighted by Crippen LogP contribution is 2.22. The molecule has 0 atom stereocenters. The molecule has 0 aromatic heterocycles. The predicted octanol–water partition coefficient (Wildman–Crippen LogP) is 3.91. The third-order valence-electron chi connectivity index (χ3n) is 3.94. The highest BCUT2D eigenvalue weighted by Gasteiger charge is 2.17. The molecule has 0 saturated carbocycles. The lowest BCUT2D eigenvalue weighted by molar-refractivity contribution is -0.120. The molecule has 2 amide bonds. The smallest absolute Gasteiger partial charge is 0.244 e. The van der Waals surface area contributed by atoms with Crippen molar-refractivity contribution in [2.75, 3.05) is 16.8 Å². The Bertz CT molecular complexity index is 758. The first kappa shape index (κ1) is 17.7. The van der Waals surface area contributed by atoms with Crippen LogP contribution in [0.15, 0.2) is 36.4 Å². The Balaban J connectivity index is 2.19. The Morgan fingerprint density at radius 3 is 2.12 bits per heavy atom. The zero-order valence-corrected chi connectivity index (χ0v) is 14.9. The SMILES string of the molecule is CC(=O)N(CC(=O)Nc1c(C)cc(C)cc1C)c1cccc(C)c1. The van der Waals surface area contributed by atoms with E-state index >= 15 is 0 Å². The van der Waals surface area contributed by atoms with Gasteiger partial charge in [0.05, 0.1) is 0 Å². The van der Waals surface area contributed by atoms with Gasteiger partial charge in [0.25, 0.3) is 0 Å². The van der Waals surface area contributed by atoms with E-state index in [2.05, 4.69) is 5.32 Å². The van der Waals surface area contributed by atoms with E-state index in [9.17, 15) is 9.59 Å². The van der Waals surface area contributed by atoms with E-state index in [4.69, 9.17) is 0 Å². The van der Waals surface area contributed by atoms with Crippen LogP contribution in [0.3, 0.4) is 0 Å². The summed E-state index contributed by atoms with van der Waals surface area (Å²) in [6.07, 6.45) is 0. The molecule has 0 saturated heterocycles. The molecule has 0 heterocycles. The number of carbonyl (C=O) groups excluding carboxylic acids is 2. The maximum atomic E-state index is 12.5. The molecular formula is C20H24N2O2. The van der Waals surface area contributed by atoms with E-state index in [0.717, 1.165) is 33.6 Å². The summed E-state index contributed by atoms with van der Waals surface area (Å²) in [5.41, 5.74) is 5.79. The van der Waals surface area contributed by atoms with Gasteiger partial charge in [0.15, 0.2) is 0 Å². The van der Waals surface area contributed by atoms with Crippen molar-refractivity contribution in [2.45, 2.75) is 34.6 Å². The second-order valence-corrected chi connectivity index (χ2v) is 6.27. The summed E-state index contributed by atoms with van der Waals surface area (Å²) in [5, 5.41) is 2.94. The predicted molar refractivity (Wildman–Crippen MR) is 98.5 cm³/mol. The summed E-state index contributed by atoms with van der Waals surface area (Å²) in [5.74, 6) is -0.366. The lowest BCUT2D eigenvalue weighted by atomic mass is 10.1. The number of hydrogen-bond acceptors (Lipinski definition) is 2. The van der Waals surface area contributed by atoms with Gasteiger partial charge in [-0.15, -0.1) is 0 Å². The number of nitrogens with zero attached hydrogens (tertiary/aromatic N) is 1. The van der Waals surface area contributed by atoms with Gasteiger partial charge in [-0.1, -0.05) is 29.8 Å². The van der Waals surface area contributed by atoms with E-state index in [1.165, 1.54) is 11.8 Å². The van der Waals surface area contributed by atoms with Crippen molar-refractivity contribution < 1.29 is 9.59 Å². The average molecular weight is 324 g/mol. The lowest BCUT2D eigenvalue weighted by Crippen LogP contribution is -2.36. The molecular weight excluding hydrogens is 300 g/mol. The molecule has 4 heteroatoms. The number of aryl methyl sites for hydroxylation is 4. The number of amides is 2. The molecule has 4 nitrogen and oxygen atoms in total. The molecule has 1 N–H and O–H groups in total. The first-order chi connectivity index (χ1) is 11.3. The maximum absolute atomic E-state index is 12.5. The molecule has 0 bridgehead atoms. The number of hydrogen-bond donors (Lipinski definition) is 1. The Morgan fingerprint density at radius 2 is 1.58 bits per heavy atom. The monoisotopic (exact) mass is 324 g/mol. The fourth-order valence-corrected chi connectivity index (χ4v) is 2.88. The number of nitrogens with one attached hydrogen (secondary N) is 1. The molecule has 0 unspecified atom stereocenters. The summed E-state index contributed by atoms with van der Waals surface area (Å²) in [6.45, 7) is 9.39. The molecule has 24 heavy (non-hydrogen) atoms. The Labute approximate surface area is 143 Å². The third-order valence-corrected chi connectivity index (χ3v) is 3.94. The molecule has 2 aromatic carbocycles. The normalized spacial score (nSPS) is 10.4. The van der Waals surface area contributed by atoms with Crippen LogP contribution in [0, 0.1) is 27.7 Å². The summed E-state index contributed by atoms with van der Waals surface area (Å²) >= 11 is 0. The first-order valence-corrected chi connectivity index (χ1v) is 8.00. The van der Waals surface area contributed by atoms with Gasteiger partial charge in [-0.2, -0.15) is 0 Å². The van der Waals surface area contributed by atoms with Crippen LogP contribution < -0.4 is 10.2 Å². The number of anilines is 2. The molecule has 0 aliphatic heterocycles. The molecule has 0 radical (unpaired) electrons. The number of benzene rings is 2. The van der Waals surface area contributed by atoms with Crippen molar-refractivity contribution >= 4 is 23.2 Å². The fourth-order valence-electron chi connectivity index (χ4n) is 2.88. The zero-order valence-electron chi connectivity index (χ0n) is 14.9. The molecule has 0 fully saturated rings. The first-order valence-electron chi connectivity index (χ1n) is 8.00. The van der Waals surface area contributed by atoms with Crippen LogP contribution in [-0.4, -0.2) is 18.4 Å². The topological polar surface area (TPSA) is 49.4 Å². The Kier molecular flexibility index (Phi) is 5.39. The second kappa shape index (κ2) is 7.30. The fraction of sp³-hybridized carbons (Fsp3) is 0.300. The summed E-state index contributed by atoms with van der Waals surface area (Å²) < 4.78 is 0. The second-order valence-electron chi connectivity index (χ2n) is 6.27. The maximum Gasteiger partial charge on any atom is 0.244 e. The average Bonchev–Trinajstić information content (AvgIpc) is 2.48. The van der Waals surface area contributed by atoms with Gasteiger partial charge in [0.2, 0.25) is 11.8 Å². The van der Waals surface area contributed by atoms with E-state index in [1.54, 1.807) is 0 Å². The molecule has 0 aliphatic carbocycles. The minimum Gasteiger partial charge on any atom is -0.324 e. The summed E-state index contributed by atoms with van der Waals surface area (Å²) in [6, 6.07) is 11.6. The standard InChI is InChI=1S/C20H24N2O2/c1-13-7-6-8-18(11-13)22(17(5)23)12-19(24)21-20-15(3)9-14(2)10-16(20)4/h6-11H,12H2,1-5H3,(H,21,24). The van der Waals surface area contributed by atoms with Crippen molar-refractivity contribution in [2.24, 2.45) is 0 Å². The van der Waals surface area contributed by atoms with Crippen LogP contribution >= 0.6 is 0 Å². The number of rotatable bonds is 4. The summed E-state index contributed by atoms with van der Waals surface area (Å²) in [4.78, 5) is 25.9. The van der Waals surface area contributed by atoms with E-state index in [1.807, 2.05) is 64.1 Å². The molecule has 126 valence electrons. The largest absolute Gasteiger partial charge is 0.324 e. The molecule has 0 aliphatic rings. The van der Waals surface area contributed by atoms with Crippen molar-refractivity contribution in [3.05, 3.63) is 58.7 Å². The van der Waals surface area contributed by atoms with Crippen LogP contribution in [0.1, 0.15) is 29.2 Å². The van der Waals surface area contributed by atoms with Gasteiger partial charge >= 0.3 is 0 Å². The van der Waals surface area contributed by atoms with Gasteiger partial charge in [0.1, 0.15) is 6.54 Å². The van der Waals surface area contributed by atoms with Gasteiger partial charge in [-0.05, 0) is 56.5 Å². The zero-order chi connectivity index (χ0) is 17.9. The minimum atomic E-state index is -0.207. The highest BCUT2D eigenvalue weighted by atomic mass is 16.2. The third kappa shape index (κ3) is 4.22. The van der Waals surface area contributed by atoms with Crippen molar-refractivity contribution in [1.82, 2.24) is 0 Å². The number of carbonyl (C=O) groups is 2. The van der Waals surface area contributed by atoms with Gasteiger partial charge in [-0.3, -0.25) is 9.59 Å².